The third-order valence-electron chi connectivity index (χ3n) is 3.94. The van der Waals surface area contributed by atoms with Crippen LogP contribution in [0.2, 0.25) is 0 Å². The Labute approximate surface area is 161 Å². The van der Waals surface area contributed by atoms with Crippen molar-refractivity contribution >= 4 is 40.5 Å². The van der Waals surface area contributed by atoms with Gasteiger partial charge in [-0.05, 0) is 24.0 Å². The summed E-state index contributed by atoms with van der Waals surface area (Å²) in [6, 6.07) is 3.76. The summed E-state index contributed by atoms with van der Waals surface area (Å²) in [5.74, 6) is -0.356. The van der Waals surface area contributed by atoms with Gasteiger partial charge in [-0.15, -0.1) is 11.8 Å². The Morgan fingerprint density at radius 1 is 1.50 bits per heavy atom. The number of rotatable bonds is 4. The standard InChI is InChI=1S/C18H18ClN5OS/c1-26-18(17(25)21-11-13-5-4-7-20-10-13)23-15(9-19)14-12-22-24-8-3-2-6-16(14)24/h2-10,12,14,16H,11H2,1H3,(H,21,25)/b15-9+,23-18?. The van der Waals surface area contributed by atoms with Gasteiger partial charge in [0.05, 0.1) is 17.7 Å². The Hall–Kier alpha value is -2.38. The van der Waals surface area contributed by atoms with Gasteiger partial charge in [0.15, 0.2) is 5.04 Å². The molecule has 0 bridgehead atoms. The Bertz CT molecular complexity index is 803. The molecule has 0 saturated heterocycles. The molecule has 0 aliphatic carbocycles. The summed E-state index contributed by atoms with van der Waals surface area (Å²) in [7, 11) is 0. The van der Waals surface area contributed by atoms with E-state index in [9.17, 15) is 4.79 Å². The van der Waals surface area contributed by atoms with E-state index in [2.05, 4.69) is 20.4 Å². The number of halogens is 1. The van der Waals surface area contributed by atoms with E-state index in [0.29, 0.717) is 17.3 Å². The van der Waals surface area contributed by atoms with Crippen LogP contribution in [0, 0.1) is 5.92 Å². The van der Waals surface area contributed by atoms with Crippen LogP contribution in [0.5, 0.6) is 0 Å². The molecular formula is C18H18ClN5OS. The second kappa shape index (κ2) is 8.82. The van der Waals surface area contributed by atoms with E-state index >= 15 is 0 Å². The van der Waals surface area contributed by atoms with Gasteiger partial charge in [-0.1, -0.05) is 29.8 Å². The van der Waals surface area contributed by atoms with Gasteiger partial charge in [-0.2, -0.15) is 5.10 Å². The quantitative estimate of drug-likeness (QED) is 0.637. The molecule has 2 aliphatic heterocycles. The predicted octanol–water partition coefficient (Wildman–Crippen LogP) is 2.91. The second-order valence-corrected chi connectivity index (χ2v) is 6.60. The number of fused-ring (bicyclic) bond motifs is 1. The number of aliphatic imine (C=N–C) groups is 1. The summed E-state index contributed by atoms with van der Waals surface area (Å²) < 4.78 is 0. The molecule has 1 amide bonds. The maximum Gasteiger partial charge on any atom is 0.276 e. The maximum atomic E-state index is 12.5. The van der Waals surface area contributed by atoms with Crippen LogP contribution >= 0.6 is 23.4 Å². The molecule has 0 fully saturated rings. The molecule has 8 heteroatoms. The minimum absolute atomic E-state index is 0.0234. The first kappa shape index (κ1) is 18.4. The van der Waals surface area contributed by atoms with Crippen molar-refractivity contribution in [2.75, 3.05) is 6.26 Å². The molecule has 26 heavy (non-hydrogen) atoms. The lowest BCUT2D eigenvalue weighted by atomic mass is 9.97. The lowest BCUT2D eigenvalue weighted by molar-refractivity contribution is -0.114. The first-order valence-corrected chi connectivity index (χ1v) is 9.66. The topological polar surface area (TPSA) is 70.0 Å². The molecule has 134 valence electrons. The number of carbonyl (C=O) groups excluding carboxylic acids is 1. The molecule has 2 unspecified atom stereocenters. The zero-order valence-corrected chi connectivity index (χ0v) is 15.7. The fourth-order valence-electron chi connectivity index (χ4n) is 2.63. The van der Waals surface area contributed by atoms with Crippen LogP contribution in [0.25, 0.3) is 0 Å². The number of pyridine rings is 1. The monoisotopic (exact) mass is 387 g/mol. The van der Waals surface area contributed by atoms with E-state index in [1.807, 2.05) is 47.8 Å². The van der Waals surface area contributed by atoms with Crippen LogP contribution in [0.1, 0.15) is 5.56 Å². The largest absolute Gasteiger partial charge is 0.346 e. The molecule has 2 atom stereocenters. The number of amides is 1. The van der Waals surface area contributed by atoms with Crippen molar-refractivity contribution in [2.24, 2.45) is 16.0 Å². The Balaban J connectivity index is 1.70. The van der Waals surface area contributed by atoms with Gasteiger partial charge in [0.1, 0.15) is 0 Å². The number of hydrogen-bond acceptors (Lipinski definition) is 6. The molecule has 0 aromatic carbocycles. The molecule has 3 rings (SSSR count). The number of nitrogens with one attached hydrogen (secondary N) is 1. The van der Waals surface area contributed by atoms with Gasteiger partial charge in [0.25, 0.3) is 5.91 Å². The fraction of sp³-hybridized carbons (Fsp3) is 0.222. The number of hydrazone groups is 1. The molecule has 1 aromatic rings. The highest BCUT2D eigenvalue weighted by molar-refractivity contribution is 8.15. The number of carbonyl (C=O) groups is 1. The molecule has 1 aromatic heterocycles. The Morgan fingerprint density at radius 3 is 3.12 bits per heavy atom. The predicted molar refractivity (Wildman–Crippen MR) is 107 cm³/mol. The summed E-state index contributed by atoms with van der Waals surface area (Å²) >= 11 is 7.29. The van der Waals surface area contributed by atoms with Gasteiger partial charge in [0.2, 0.25) is 0 Å². The van der Waals surface area contributed by atoms with Crippen molar-refractivity contribution < 1.29 is 4.79 Å². The van der Waals surface area contributed by atoms with Gasteiger partial charge >= 0.3 is 0 Å². The van der Waals surface area contributed by atoms with Crippen molar-refractivity contribution in [3.63, 3.8) is 0 Å². The third kappa shape index (κ3) is 4.23. The lowest BCUT2D eigenvalue weighted by Crippen LogP contribution is -2.31. The summed E-state index contributed by atoms with van der Waals surface area (Å²) in [6.45, 7) is 0.390. The normalized spacial score (nSPS) is 21.8. The minimum Gasteiger partial charge on any atom is -0.346 e. The number of aromatic nitrogens is 1. The number of thioether (sulfide) groups is 1. The highest BCUT2D eigenvalue weighted by Gasteiger charge is 2.32. The van der Waals surface area contributed by atoms with E-state index in [1.165, 1.54) is 17.3 Å². The molecule has 0 saturated carbocycles. The molecule has 6 nitrogen and oxygen atoms in total. The smallest absolute Gasteiger partial charge is 0.276 e. The summed E-state index contributed by atoms with van der Waals surface area (Å²) in [6.07, 6.45) is 14.8. The van der Waals surface area contributed by atoms with Crippen molar-refractivity contribution in [2.45, 2.75) is 12.6 Å². The van der Waals surface area contributed by atoms with Crippen molar-refractivity contribution in [1.29, 1.82) is 0 Å². The highest BCUT2D eigenvalue weighted by Crippen LogP contribution is 2.29. The number of hydrogen-bond donors (Lipinski definition) is 1. The van der Waals surface area contributed by atoms with Gasteiger partial charge in [-0.25, -0.2) is 4.99 Å². The zero-order chi connectivity index (χ0) is 18.4. The van der Waals surface area contributed by atoms with Crippen LogP contribution in [0.15, 0.2) is 70.3 Å². The van der Waals surface area contributed by atoms with E-state index in [4.69, 9.17) is 11.6 Å². The van der Waals surface area contributed by atoms with Crippen LogP contribution in [-0.2, 0) is 11.3 Å². The average Bonchev–Trinajstić information content (AvgIpc) is 3.12. The van der Waals surface area contributed by atoms with E-state index in [1.54, 1.807) is 18.6 Å². The molecule has 2 aliphatic rings. The minimum atomic E-state index is -0.247. The van der Waals surface area contributed by atoms with E-state index < -0.39 is 0 Å². The van der Waals surface area contributed by atoms with Crippen molar-refractivity contribution in [3.05, 3.63) is 65.8 Å². The third-order valence-corrected chi connectivity index (χ3v) is 4.83. The summed E-state index contributed by atoms with van der Waals surface area (Å²) in [5.41, 5.74) is 2.94. The van der Waals surface area contributed by atoms with Crippen molar-refractivity contribution in [3.8, 4) is 0 Å². The number of allylic oxidation sites excluding steroid dienone is 2. The summed E-state index contributed by atoms with van der Waals surface area (Å²) in [5, 5.41) is 9.40. The van der Waals surface area contributed by atoms with Crippen LogP contribution in [0.4, 0.5) is 0 Å². The molecule has 3 heterocycles. The van der Waals surface area contributed by atoms with Crippen LogP contribution in [0.3, 0.4) is 0 Å². The van der Waals surface area contributed by atoms with Gasteiger partial charge in [-0.3, -0.25) is 14.8 Å². The second-order valence-electron chi connectivity index (χ2n) is 5.59. The van der Waals surface area contributed by atoms with Crippen LogP contribution < -0.4 is 5.32 Å². The average molecular weight is 388 g/mol. The van der Waals surface area contributed by atoms with Crippen molar-refractivity contribution in [1.82, 2.24) is 15.3 Å². The van der Waals surface area contributed by atoms with Gasteiger partial charge < -0.3 is 5.32 Å². The SMILES string of the molecule is CSC(=N/C(=C/Cl)C1C=NN2C=CC=CC12)C(=O)NCc1cccnc1. The first-order valence-electron chi connectivity index (χ1n) is 8.00. The molecule has 0 spiro atoms. The highest BCUT2D eigenvalue weighted by atomic mass is 35.5. The molecule has 1 N–H and O–H groups in total. The molecule has 0 radical (unpaired) electrons. The lowest BCUT2D eigenvalue weighted by Gasteiger charge is -2.24. The van der Waals surface area contributed by atoms with E-state index in [-0.39, 0.29) is 17.9 Å². The zero-order valence-electron chi connectivity index (χ0n) is 14.1. The first-order chi connectivity index (χ1) is 12.7. The fourth-order valence-corrected chi connectivity index (χ4v) is 3.28. The Morgan fingerprint density at radius 2 is 2.38 bits per heavy atom. The van der Waals surface area contributed by atoms with Gasteiger partial charge in [0, 0.05) is 36.9 Å². The number of nitrogens with zero attached hydrogens (tertiary/aromatic N) is 4. The maximum absolute atomic E-state index is 12.5. The van der Waals surface area contributed by atoms with Crippen LogP contribution in [-0.4, -0.2) is 39.5 Å². The molecular weight excluding hydrogens is 370 g/mol. The Kier molecular flexibility index (Phi) is 6.25. The van der Waals surface area contributed by atoms with E-state index in [0.717, 1.165) is 5.56 Å². The summed E-state index contributed by atoms with van der Waals surface area (Å²) in [4.78, 5) is 21.0.